The Bertz CT molecular complexity index is 381. The van der Waals surface area contributed by atoms with Crippen LogP contribution in [0, 0.1) is 0 Å². The lowest BCUT2D eigenvalue weighted by molar-refractivity contribution is 0.179. The Labute approximate surface area is 116 Å². The molecule has 3 heteroatoms. The van der Waals surface area contributed by atoms with Crippen LogP contribution in [0.2, 0.25) is 0 Å². The van der Waals surface area contributed by atoms with Crippen molar-refractivity contribution in [1.29, 1.82) is 0 Å². The minimum Gasteiger partial charge on any atom is -0.385 e. The zero-order valence-electron chi connectivity index (χ0n) is 12.2. The molecular weight excluding hydrogens is 236 g/mol. The third-order valence-corrected chi connectivity index (χ3v) is 3.93. The van der Waals surface area contributed by atoms with E-state index in [-0.39, 0.29) is 0 Å². The van der Waals surface area contributed by atoms with Crippen LogP contribution in [-0.4, -0.2) is 44.3 Å². The fraction of sp³-hybridized carbons (Fsp3) is 0.625. The summed E-state index contributed by atoms with van der Waals surface area (Å²) in [5.41, 5.74) is 3.03. The number of hydrogen-bond acceptors (Lipinski definition) is 3. The number of nitrogens with zero attached hydrogens (tertiary/aromatic N) is 1. The van der Waals surface area contributed by atoms with Crippen LogP contribution >= 0.6 is 0 Å². The molecule has 2 rings (SSSR count). The van der Waals surface area contributed by atoms with Crippen molar-refractivity contribution in [3.63, 3.8) is 0 Å². The first-order valence-corrected chi connectivity index (χ1v) is 7.31. The van der Waals surface area contributed by atoms with Crippen LogP contribution in [0.3, 0.4) is 0 Å². The van der Waals surface area contributed by atoms with E-state index in [1.54, 1.807) is 7.11 Å². The molecule has 3 nitrogen and oxygen atoms in total. The minimum atomic E-state index is 0.593. The molecule has 106 valence electrons. The molecule has 0 saturated carbocycles. The maximum Gasteiger partial charge on any atom is 0.0474 e. The Morgan fingerprint density at radius 1 is 1.32 bits per heavy atom. The molecule has 0 radical (unpaired) electrons. The first kappa shape index (κ1) is 14.5. The number of nitrogens with one attached hydrogen (secondary N) is 1. The highest BCUT2D eigenvalue weighted by atomic mass is 16.5. The van der Waals surface area contributed by atoms with Crippen molar-refractivity contribution in [2.45, 2.75) is 32.4 Å². The third-order valence-electron chi connectivity index (χ3n) is 3.93. The van der Waals surface area contributed by atoms with Crippen molar-refractivity contribution in [2.75, 3.05) is 33.4 Å². The minimum absolute atomic E-state index is 0.593. The second-order valence-electron chi connectivity index (χ2n) is 5.39. The average Bonchev–Trinajstić information content (AvgIpc) is 2.46. The summed E-state index contributed by atoms with van der Waals surface area (Å²) in [5, 5.41) is 3.52. The summed E-state index contributed by atoms with van der Waals surface area (Å²) in [6.45, 7) is 7.54. The molecule has 19 heavy (non-hydrogen) atoms. The quantitative estimate of drug-likeness (QED) is 0.761. The summed E-state index contributed by atoms with van der Waals surface area (Å²) in [6, 6.07) is 9.42. The summed E-state index contributed by atoms with van der Waals surface area (Å²) >= 11 is 0. The number of methoxy groups -OCH3 is 1. The van der Waals surface area contributed by atoms with E-state index in [2.05, 4.69) is 41.4 Å². The van der Waals surface area contributed by atoms with Gasteiger partial charge in [0.25, 0.3) is 0 Å². The van der Waals surface area contributed by atoms with E-state index in [1.165, 1.54) is 24.1 Å². The SMILES string of the molecule is COCCCNCC(C)N1CCc2ccccc2C1. The van der Waals surface area contributed by atoms with Gasteiger partial charge in [0.2, 0.25) is 0 Å². The van der Waals surface area contributed by atoms with E-state index >= 15 is 0 Å². The van der Waals surface area contributed by atoms with Crippen molar-refractivity contribution >= 4 is 0 Å². The molecule has 1 heterocycles. The van der Waals surface area contributed by atoms with E-state index in [1.807, 2.05) is 0 Å². The fourth-order valence-electron chi connectivity index (χ4n) is 2.68. The Hall–Kier alpha value is -0.900. The standard InChI is InChI=1S/C16H26N2O/c1-14(12-17-9-5-11-19-2)18-10-8-15-6-3-4-7-16(15)13-18/h3-4,6-7,14,17H,5,8-13H2,1-2H3. The van der Waals surface area contributed by atoms with Gasteiger partial charge in [-0.15, -0.1) is 0 Å². The van der Waals surface area contributed by atoms with Crippen molar-refractivity contribution in [2.24, 2.45) is 0 Å². The number of rotatable bonds is 7. The summed E-state index contributed by atoms with van der Waals surface area (Å²) in [5.74, 6) is 0. The molecule has 1 atom stereocenters. The van der Waals surface area contributed by atoms with Gasteiger partial charge in [0.05, 0.1) is 0 Å². The van der Waals surface area contributed by atoms with Gasteiger partial charge in [0, 0.05) is 39.4 Å². The highest BCUT2D eigenvalue weighted by Crippen LogP contribution is 2.19. The van der Waals surface area contributed by atoms with Crippen LogP contribution in [0.15, 0.2) is 24.3 Å². The molecular formula is C16H26N2O. The van der Waals surface area contributed by atoms with Gasteiger partial charge >= 0.3 is 0 Å². The highest BCUT2D eigenvalue weighted by Gasteiger charge is 2.19. The molecule has 0 amide bonds. The molecule has 1 aromatic rings. The van der Waals surface area contributed by atoms with Crippen LogP contribution in [-0.2, 0) is 17.7 Å². The van der Waals surface area contributed by atoms with Crippen molar-refractivity contribution in [3.8, 4) is 0 Å². The van der Waals surface area contributed by atoms with E-state index in [0.29, 0.717) is 6.04 Å². The van der Waals surface area contributed by atoms with Gasteiger partial charge in [-0.1, -0.05) is 24.3 Å². The second kappa shape index (κ2) is 7.63. The zero-order valence-corrected chi connectivity index (χ0v) is 12.2. The van der Waals surface area contributed by atoms with E-state index in [9.17, 15) is 0 Å². The lowest BCUT2D eigenvalue weighted by Crippen LogP contribution is -2.43. The largest absolute Gasteiger partial charge is 0.385 e. The molecule has 0 spiro atoms. The molecule has 0 aliphatic carbocycles. The molecule has 1 unspecified atom stereocenters. The second-order valence-corrected chi connectivity index (χ2v) is 5.39. The normalized spacial score (nSPS) is 17.2. The van der Waals surface area contributed by atoms with E-state index < -0.39 is 0 Å². The molecule has 0 saturated heterocycles. The topological polar surface area (TPSA) is 24.5 Å². The maximum atomic E-state index is 5.05. The molecule has 1 aromatic carbocycles. The molecule has 0 fully saturated rings. The van der Waals surface area contributed by atoms with Crippen molar-refractivity contribution in [3.05, 3.63) is 35.4 Å². The predicted octanol–water partition coefficient (Wildman–Crippen LogP) is 2.06. The maximum absolute atomic E-state index is 5.05. The number of fused-ring (bicyclic) bond motifs is 1. The molecule has 0 bridgehead atoms. The Morgan fingerprint density at radius 3 is 2.89 bits per heavy atom. The Morgan fingerprint density at radius 2 is 2.11 bits per heavy atom. The van der Waals surface area contributed by atoms with Crippen LogP contribution in [0.5, 0.6) is 0 Å². The fourth-order valence-corrected chi connectivity index (χ4v) is 2.68. The van der Waals surface area contributed by atoms with Crippen molar-refractivity contribution in [1.82, 2.24) is 10.2 Å². The van der Waals surface area contributed by atoms with Gasteiger partial charge in [0.1, 0.15) is 0 Å². The third kappa shape index (κ3) is 4.30. The molecule has 1 aliphatic heterocycles. The Kier molecular flexibility index (Phi) is 5.83. The lowest BCUT2D eigenvalue weighted by atomic mass is 9.99. The summed E-state index contributed by atoms with van der Waals surface area (Å²) in [6.07, 6.45) is 2.27. The van der Waals surface area contributed by atoms with Gasteiger partial charge in [-0.3, -0.25) is 4.90 Å². The number of benzene rings is 1. The molecule has 1 N–H and O–H groups in total. The van der Waals surface area contributed by atoms with Gasteiger partial charge in [-0.05, 0) is 37.4 Å². The van der Waals surface area contributed by atoms with Crippen molar-refractivity contribution < 1.29 is 4.74 Å². The van der Waals surface area contributed by atoms with E-state index in [0.717, 1.165) is 32.7 Å². The lowest BCUT2D eigenvalue weighted by Gasteiger charge is -2.33. The summed E-state index contributed by atoms with van der Waals surface area (Å²) in [7, 11) is 1.76. The average molecular weight is 262 g/mol. The van der Waals surface area contributed by atoms with Gasteiger partial charge in [0.15, 0.2) is 0 Å². The summed E-state index contributed by atoms with van der Waals surface area (Å²) in [4.78, 5) is 2.58. The van der Waals surface area contributed by atoms with Crippen LogP contribution in [0.1, 0.15) is 24.5 Å². The molecule has 0 aromatic heterocycles. The van der Waals surface area contributed by atoms with Crippen LogP contribution in [0.25, 0.3) is 0 Å². The van der Waals surface area contributed by atoms with Gasteiger partial charge < -0.3 is 10.1 Å². The number of ether oxygens (including phenoxy) is 1. The number of hydrogen-bond donors (Lipinski definition) is 1. The Balaban J connectivity index is 1.74. The highest BCUT2D eigenvalue weighted by molar-refractivity contribution is 5.29. The van der Waals surface area contributed by atoms with Gasteiger partial charge in [-0.2, -0.15) is 0 Å². The van der Waals surface area contributed by atoms with E-state index in [4.69, 9.17) is 4.74 Å². The smallest absolute Gasteiger partial charge is 0.0474 e. The first-order chi connectivity index (χ1) is 9.31. The molecule has 1 aliphatic rings. The monoisotopic (exact) mass is 262 g/mol. The summed E-state index contributed by atoms with van der Waals surface area (Å²) < 4.78 is 5.05. The van der Waals surface area contributed by atoms with Crippen LogP contribution < -0.4 is 5.32 Å². The predicted molar refractivity (Wildman–Crippen MR) is 79.4 cm³/mol. The zero-order chi connectivity index (χ0) is 13.5. The first-order valence-electron chi connectivity index (χ1n) is 7.31. The van der Waals surface area contributed by atoms with Crippen LogP contribution in [0.4, 0.5) is 0 Å². The van der Waals surface area contributed by atoms with Gasteiger partial charge in [-0.25, -0.2) is 0 Å².